The maximum atomic E-state index is 13.6. The van der Waals surface area contributed by atoms with E-state index in [9.17, 15) is 18.4 Å². The Morgan fingerprint density at radius 1 is 0.939 bits per heavy atom. The van der Waals surface area contributed by atoms with Crippen molar-refractivity contribution in [3.8, 4) is 0 Å². The summed E-state index contributed by atoms with van der Waals surface area (Å²) in [6.07, 6.45) is -4.58. The fraction of sp³-hybridized carbons (Fsp3) is 0.304. The van der Waals surface area contributed by atoms with Gasteiger partial charge in [-0.1, -0.05) is 60.7 Å². The van der Waals surface area contributed by atoms with Crippen molar-refractivity contribution in [3.63, 3.8) is 0 Å². The molecule has 0 bridgehead atoms. The Morgan fingerprint density at radius 3 is 2.24 bits per heavy atom. The third-order valence-electron chi connectivity index (χ3n) is 4.10. The van der Waals surface area contributed by atoms with Gasteiger partial charge in [-0.25, -0.2) is 4.79 Å². The smallest absolute Gasteiger partial charge is 0.407 e. The normalized spacial score (nSPS) is 11.2. The molecule has 1 atom stereocenters. The number of amides is 1. The van der Waals surface area contributed by atoms with Crippen molar-refractivity contribution in [2.45, 2.75) is 12.7 Å². The minimum Gasteiger partial charge on any atom is -0.462 e. The van der Waals surface area contributed by atoms with Crippen LogP contribution >= 0.6 is 0 Å². The molecule has 2 rings (SSSR count). The number of nitrogens with one attached hydrogen (secondary N) is 1. The van der Waals surface area contributed by atoms with E-state index in [2.05, 4.69) is 5.32 Å². The predicted molar refractivity (Wildman–Crippen MR) is 113 cm³/mol. The molecule has 0 aromatic heterocycles. The number of carbonyl (C=O) groups excluding carboxylic acids is 2. The number of esters is 1. The van der Waals surface area contributed by atoms with E-state index >= 15 is 0 Å². The van der Waals surface area contributed by atoms with Gasteiger partial charge in [0.05, 0.1) is 13.2 Å². The van der Waals surface area contributed by atoms with Crippen molar-refractivity contribution in [2.24, 2.45) is 0 Å². The number of alkyl carbamates (subject to hydrolysis) is 1. The Kier molecular flexibility index (Phi) is 11.3. The Labute approximate surface area is 190 Å². The Hall–Kier alpha value is -3.50. The lowest BCUT2D eigenvalue weighted by atomic mass is 10.1. The highest BCUT2D eigenvalue weighted by Crippen LogP contribution is 2.30. The van der Waals surface area contributed by atoms with Crippen LogP contribution in [0.1, 0.15) is 17.2 Å². The van der Waals surface area contributed by atoms with Gasteiger partial charge in [-0.15, -0.1) is 0 Å². The van der Waals surface area contributed by atoms with Gasteiger partial charge in [-0.05, 0) is 5.56 Å². The number of benzene rings is 2. The predicted octanol–water partition coefficient (Wildman–Crippen LogP) is 3.94. The minimum atomic E-state index is -2.18. The molecule has 0 saturated heterocycles. The Morgan fingerprint density at radius 2 is 1.61 bits per heavy atom. The largest absolute Gasteiger partial charge is 0.462 e. The molecule has 0 aliphatic carbocycles. The van der Waals surface area contributed by atoms with Gasteiger partial charge < -0.3 is 29.0 Å². The van der Waals surface area contributed by atoms with Gasteiger partial charge in [0.2, 0.25) is 5.76 Å². The number of rotatable bonds is 13. The molecule has 0 aliphatic heterocycles. The van der Waals surface area contributed by atoms with E-state index in [1.54, 1.807) is 42.5 Å². The summed E-state index contributed by atoms with van der Waals surface area (Å²) in [6.45, 7) is -0.708. The SMILES string of the molecule is COCCOCOC(=C(F)F)C(OC(=O)CNC(=O)OCc1ccccc1)c1ccccc1. The van der Waals surface area contributed by atoms with E-state index in [1.165, 1.54) is 19.2 Å². The molecule has 1 amide bonds. The highest BCUT2D eigenvalue weighted by molar-refractivity contribution is 5.78. The summed E-state index contributed by atoms with van der Waals surface area (Å²) in [6, 6.07) is 16.8. The van der Waals surface area contributed by atoms with Crippen LogP contribution in [-0.2, 0) is 35.1 Å². The van der Waals surface area contributed by atoms with E-state index in [0.29, 0.717) is 0 Å². The maximum absolute atomic E-state index is 13.6. The molecular weight excluding hydrogens is 440 g/mol. The number of halogens is 2. The van der Waals surface area contributed by atoms with Gasteiger partial charge in [0, 0.05) is 12.7 Å². The standard InChI is InChI=1S/C23H25F2NO7/c1-29-12-13-30-16-32-21(22(24)25)20(18-10-6-3-7-11-18)33-19(27)14-26-23(28)31-15-17-8-4-2-5-9-17/h2-11,20H,12-16H2,1H3,(H,26,28). The summed E-state index contributed by atoms with van der Waals surface area (Å²) >= 11 is 0. The summed E-state index contributed by atoms with van der Waals surface area (Å²) < 4.78 is 52.4. The molecule has 1 N–H and O–H groups in total. The van der Waals surface area contributed by atoms with Gasteiger partial charge in [0.25, 0.3) is 0 Å². The van der Waals surface area contributed by atoms with Crippen LogP contribution < -0.4 is 5.32 Å². The highest BCUT2D eigenvalue weighted by Gasteiger charge is 2.28. The van der Waals surface area contributed by atoms with Crippen LogP contribution in [0.2, 0.25) is 0 Å². The molecule has 0 heterocycles. The van der Waals surface area contributed by atoms with Crippen LogP contribution in [0.15, 0.2) is 72.5 Å². The molecule has 2 aromatic carbocycles. The molecule has 33 heavy (non-hydrogen) atoms. The quantitative estimate of drug-likeness (QED) is 0.207. The molecule has 10 heteroatoms. The lowest BCUT2D eigenvalue weighted by Crippen LogP contribution is -2.32. The summed E-state index contributed by atoms with van der Waals surface area (Å²) in [4.78, 5) is 24.1. The average molecular weight is 465 g/mol. The maximum Gasteiger partial charge on any atom is 0.407 e. The average Bonchev–Trinajstić information content (AvgIpc) is 2.83. The zero-order valence-electron chi connectivity index (χ0n) is 18.0. The van der Waals surface area contributed by atoms with Crippen molar-refractivity contribution < 1.29 is 42.1 Å². The second-order valence-corrected chi connectivity index (χ2v) is 6.48. The summed E-state index contributed by atoms with van der Waals surface area (Å²) in [5, 5.41) is 2.23. The molecule has 0 radical (unpaired) electrons. The van der Waals surface area contributed by atoms with Crippen LogP contribution in [0.3, 0.4) is 0 Å². The number of carbonyl (C=O) groups is 2. The first-order valence-electron chi connectivity index (χ1n) is 9.95. The first kappa shape index (κ1) is 25.8. The lowest BCUT2D eigenvalue weighted by Gasteiger charge is -2.21. The zero-order chi connectivity index (χ0) is 23.9. The molecule has 0 aliphatic rings. The molecule has 8 nitrogen and oxygen atoms in total. The first-order valence-corrected chi connectivity index (χ1v) is 9.95. The molecule has 178 valence electrons. The summed E-state index contributed by atoms with van der Waals surface area (Å²) in [7, 11) is 1.47. The summed E-state index contributed by atoms with van der Waals surface area (Å²) in [5.41, 5.74) is 1.01. The van der Waals surface area contributed by atoms with Crippen LogP contribution in [0.4, 0.5) is 13.6 Å². The summed E-state index contributed by atoms with van der Waals surface area (Å²) in [5.74, 6) is -1.85. The second-order valence-electron chi connectivity index (χ2n) is 6.48. The van der Waals surface area contributed by atoms with Crippen molar-refractivity contribution >= 4 is 12.1 Å². The molecule has 1 unspecified atom stereocenters. The van der Waals surface area contributed by atoms with Gasteiger partial charge in [-0.2, -0.15) is 8.78 Å². The highest BCUT2D eigenvalue weighted by atomic mass is 19.3. The van der Waals surface area contributed by atoms with Crippen LogP contribution in [-0.4, -0.2) is 45.7 Å². The minimum absolute atomic E-state index is 0.00518. The third kappa shape index (κ3) is 9.67. The molecule has 0 spiro atoms. The van der Waals surface area contributed by atoms with E-state index in [-0.39, 0.29) is 25.4 Å². The first-order chi connectivity index (χ1) is 16.0. The van der Waals surface area contributed by atoms with Crippen LogP contribution in [0, 0.1) is 0 Å². The number of methoxy groups -OCH3 is 1. The van der Waals surface area contributed by atoms with Gasteiger partial charge in [0.1, 0.15) is 13.2 Å². The second kappa shape index (κ2) is 14.5. The molecular formula is C23H25F2NO7. The molecule has 2 aromatic rings. The van der Waals surface area contributed by atoms with Crippen LogP contribution in [0.25, 0.3) is 0 Å². The number of ether oxygens (including phenoxy) is 5. The van der Waals surface area contributed by atoms with Crippen molar-refractivity contribution in [1.29, 1.82) is 0 Å². The third-order valence-corrected chi connectivity index (χ3v) is 4.10. The fourth-order valence-electron chi connectivity index (χ4n) is 2.53. The van der Waals surface area contributed by atoms with Crippen molar-refractivity contribution in [2.75, 3.05) is 33.7 Å². The monoisotopic (exact) mass is 465 g/mol. The van der Waals surface area contributed by atoms with Crippen molar-refractivity contribution in [1.82, 2.24) is 5.32 Å². The van der Waals surface area contributed by atoms with E-state index in [4.69, 9.17) is 23.7 Å². The lowest BCUT2D eigenvalue weighted by molar-refractivity contribution is -0.150. The Balaban J connectivity index is 1.95. The molecule has 0 saturated carbocycles. The van der Waals surface area contributed by atoms with Gasteiger partial charge in [0.15, 0.2) is 12.9 Å². The van der Waals surface area contributed by atoms with Crippen molar-refractivity contribution in [3.05, 3.63) is 83.6 Å². The number of hydrogen-bond acceptors (Lipinski definition) is 7. The van der Waals surface area contributed by atoms with Gasteiger partial charge in [-0.3, -0.25) is 4.79 Å². The van der Waals surface area contributed by atoms with Gasteiger partial charge >= 0.3 is 18.1 Å². The zero-order valence-corrected chi connectivity index (χ0v) is 18.0. The fourth-order valence-corrected chi connectivity index (χ4v) is 2.53. The van der Waals surface area contributed by atoms with E-state index in [1.807, 2.05) is 6.07 Å². The molecule has 0 fully saturated rings. The van der Waals surface area contributed by atoms with E-state index < -0.39 is 43.3 Å². The van der Waals surface area contributed by atoms with E-state index in [0.717, 1.165) is 5.56 Å². The number of hydrogen-bond donors (Lipinski definition) is 1. The topological polar surface area (TPSA) is 92.3 Å². The van der Waals surface area contributed by atoms with Crippen LogP contribution in [0.5, 0.6) is 0 Å². The Bertz CT molecular complexity index is 890.